The summed E-state index contributed by atoms with van der Waals surface area (Å²) >= 11 is 0. The maximum atomic E-state index is 12.9. The molecule has 1 saturated heterocycles. The van der Waals surface area contributed by atoms with Gasteiger partial charge >= 0.3 is 0 Å². The minimum atomic E-state index is -0.138. The van der Waals surface area contributed by atoms with Gasteiger partial charge in [0.2, 0.25) is 5.91 Å². The molecule has 2 aromatic rings. The first-order valence-corrected chi connectivity index (χ1v) is 8.40. The molecule has 2 fully saturated rings. The van der Waals surface area contributed by atoms with Crippen molar-refractivity contribution in [2.75, 3.05) is 13.1 Å². The molecule has 0 atom stereocenters. The number of hydrogen-bond acceptors (Lipinski definition) is 3. The Morgan fingerprint density at radius 3 is 2.50 bits per heavy atom. The third-order valence-corrected chi connectivity index (χ3v) is 4.69. The minimum Gasteiger partial charge on any atom is -0.273 e. The van der Waals surface area contributed by atoms with E-state index in [1.54, 1.807) is 20.9 Å². The van der Waals surface area contributed by atoms with Crippen molar-refractivity contribution in [3.8, 4) is 5.69 Å². The van der Waals surface area contributed by atoms with Crippen LogP contribution in [-0.2, 0) is 4.79 Å². The fraction of sp³-hybridized carbons (Fsp3) is 0.389. The molecule has 0 radical (unpaired) electrons. The van der Waals surface area contributed by atoms with Crippen LogP contribution in [0.15, 0.2) is 36.5 Å². The van der Waals surface area contributed by atoms with Gasteiger partial charge in [-0.25, -0.2) is 9.69 Å². The number of rotatable bonds is 3. The Labute approximate surface area is 140 Å². The predicted molar refractivity (Wildman–Crippen MR) is 88.4 cm³/mol. The molecule has 2 amide bonds. The van der Waals surface area contributed by atoms with Crippen LogP contribution in [0, 0.1) is 12.8 Å². The molecular weight excluding hydrogens is 304 g/mol. The summed E-state index contributed by atoms with van der Waals surface area (Å²) in [6.45, 7) is 3.11. The lowest BCUT2D eigenvalue weighted by Gasteiger charge is -2.27. The van der Waals surface area contributed by atoms with Crippen molar-refractivity contribution in [2.45, 2.75) is 26.2 Å². The van der Waals surface area contributed by atoms with E-state index in [1.807, 2.05) is 37.3 Å². The van der Waals surface area contributed by atoms with Crippen LogP contribution < -0.4 is 0 Å². The van der Waals surface area contributed by atoms with E-state index in [9.17, 15) is 9.59 Å². The molecule has 6 heteroatoms. The smallest absolute Gasteiger partial charge is 0.273 e. The van der Waals surface area contributed by atoms with Crippen LogP contribution >= 0.6 is 0 Å². The average Bonchev–Trinajstić information content (AvgIpc) is 3.21. The molecule has 1 aliphatic heterocycles. The fourth-order valence-corrected chi connectivity index (χ4v) is 3.18. The van der Waals surface area contributed by atoms with Crippen molar-refractivity contribution in [3.05, 3.63) is 47.8 Å². The van der Waals surface area contributed by atoms with Crippen LogP contribution in [0.1, 0.15) is 35.3 Å². The summed E-state index contributed by atoms with van der Waals surface area (Å²) in [6.07, 6.45) is 4.32. The minimum absolute atomic E-state index is 0.0916. The number of nitrogens with zero attached hydrogens (tertiary/aromatic N) is 4. The zero-order chi connectivity index (χ0) is 16.7. The maximum absolute atomic E-state index is 12.9. The normalized spacial score (nSPS) is 17.4. The van der Waals surface area contributed by atoms with Gasteiger partial charge < -0.3 is 0 Å². The molecule has 1 aromatic heterocycles. The summed E-state index contributed by atoms with van der Waals surface area (Å²) in [7, 11) is 0. The fourth-order valence-electron chi connectivity index (χ4n) is 3.18. The van der Waals surface area contributed by atoms with E-state index in [2.05, 4.69) is 5.10 Å². The number of hydrazine groups is 1. The molecule has 2 aliphatic rings. The highest BCUT2D eigenvalue weighted by molar-refractivity contribution is 5.97. The topological polar surface area (TPSA) is 58.4 Å². The number of benzene rings is 1. The van der Waals surface area contributed by atoms with Gasteiger partial charge in [0, 0.05) is 19.0 Å². The van der Waals surface area contributed by atoms with Crippen molar-refractivity contribution in [1.29, 1.82) is 0 Å². The summed E-state index contributed by atoms with van der Waals surface area (Å²) in [6, 6.07) is 9.73. The Balaban J connectivity index is 1.60. The molecule has 0 unspecified atom stereocenters. The van der Waals surface area contributed by atoms with E-state index in [-0.39, 0.29) is 17.7 Å². The lowest BCUT2D eigenvalue weighted by molar-refractivity contribution is -0.141. The number of carbonyl (C=O) groups excluding carboxylic acids is 2. The molecule has 0 bridgehead atoms. The van der Waals surface area contributed by atoms with E-state index in [1.165, 1.54) is 0 Å². The van der Waals surface area contributed by atoms with E-state index in [0.29, 0.717) is 18.7 Å². The predicted octanol–water partition coefficient (Wildman–Crippen LogP) is 2.18. The first-order chi connectivity index (χ1) is 11.7. The average molecular weight is 324 g/mol. The van der Waals surface area contributed by atoms with E-state index in [0.717, 1.165) is 30.6 Å². The molecule has 6 nitrogen and oxygen atoms in total. The highest BCUT2D eigenvalue weighted by Crippen LogP contribution is 2.33. The first-order valence-electron chi connectivity index (χ1n) is 8.40. The molecule has 0 N–H and O–H groups in total. The molecule has 1 aliphatic carbocycles. The van der Waals surface area contributed by atoms with Crippen LogP contribution in [0.5, 0.6) is 0 Å². The Morgan fingerprint density at radius 2 is 1.79 bits per heavy atom. The molecule has 1 aromatic carbocycles. The second-order valence-corrected chi connectivity index (χ2v) is 6.41. The van der Waals surface area contributed by atoms with Gasteiger partial charge in [0.25, 0.3) is 5.91 Å². The number of aromatic nitrogens is 2. The maximum Gasteiger partial charge on any atom is 0.275 e. The van der Waals surface area contributed by atoms with Gasteiger partial charge in [-0.3, -0.25) is 14.6 Å². The highest BCUT2D eigenvalue weighted by atomic mass is 16.2. The summed E-state index contributed by atoms with van der Waals surface area (Å²) in [5.74, 6) is 0.0710. The van der Waals surface area contributed by atoms with Gasteiger partial charge in [-0.05, 0) is 38.3 Å². The number of carbonyl (C=O) groups is 2. The summed E-state index contributed by atoms with van der Waals surface area (Å²) in [5, 5.41) is 7.60. The zero-order valence-electron chi connectivity index (χ0n) is 13.7. The second-order valence-electron chi connectivity index (χ2n) is 6.41. The van der Waals surface area contributed by atoms with E-state index < -0.39 is 0 Å². The van der Waals surface area contributed by atoms with Crippen molar-refractivity contribution in [1.82, 2.24) is 19.8 Å². The van der Waals surface area contributed by atoms with Gasteiger partial charge in [0.05, 0.1) is 23.1 Å². The molecule has 4 rings (SSSR count). The van der Waals surface area contributed by atoms with Crippen molar-refractivity contribution >= 4 is 11.8 Å². The molecule has 0 spiro atoms. The number of para-hydroxylation sites is 1. The van der Waals surface area contributed by atoms with Crippen LogP contribution in [0.4, 0.5) is 0 Å². The monoisotopic (exact) mass is 324 g/mol. The number of hydrogen-bond donors (Lipinski definition) is 0. The molecular formula is C18H20N4O2. The molecule has 2 heterocycles. The third-order valence-electron chi connectivity index (χ3n) is 4.69. The van der Waals surface area contributed by atoms with Crippen LogP contribution in [-0.4, -0.2) is 44.7 Å². The Morgan fingerprint density at radius 1 is 1.08 bits per heavy atom. The van der Waals surface area contributed by atoms with Crippen molar-refractivity contribution in [3.63, 3.8) is 0 Å². The molecule has 1 saturated carbocycles. The lowest BCUT2D eigenvalue weighted by atomic mass is 10.2. The third kappa shape index (κ3) is 2.48. The van der Waals surface area contributed by atoms with Crippen molar-refractivity contribution < 1.29 is 9.59 Å². The lowest BCUT2D eigenvalue weighted by Crippen LogP contribution is -2.45. The van der Waals surface area contributed by atoms with Crippen LogP contribution in [0.3, 0.4) is 0 Å². The quantitative estimate of drug-likeness (QED) is 0.869. The SMILES string of the molecule is Cc1c(C(=O)N2CCCN2C(=O)C2CC2)cnn1-c1ccccc1. The Kier molecular flexibility index (Phi) is 3.59. The van der Waals surface area contributed by atoms with Gasteiger partial charge in [-0.1, -0.05) is 18.2 Å². The summed E-state index contributed by atoms with van der Waals surface area (Å²) in [4.78, 5) is 25.3. The summed E-state index contributed by atoms with van der Waals surface area (Å²) < 4.78 is 1.76. The van der Waals surface area contributed by atoms with Gasteiger partial charge in [-0.15, -0.1) is 0 Å². The number of amides is 2. The molecule has 124 valence electrons. The van der Waals surface area contributed by atoms with E-state index >= 15 is 0 Å². The van der Waals surface area contributed by atoms with Gasteiger partial charge in [0.15, 0.2) is 0 Å². The standard InChI is InChI=1S/C18H20N4O2/c1-13-16(12-19-22(13)15-6-3-2-4-7-15)18(24)21-11-5-10-20(21)17(23)14-8-9-14/h2-4,6-7,12,14H,5,8-11H2,1H3. The Bertz CT molecular complexity index is 780. The van der Waals surface area contributed by atoms with Crippen LogP contribution in [0.25, 0.3) is 5.69 Å². The second kappa shape index (κ2) is 5.78. The van der Waals surface area contributed by atoms with Crippen LogP contribution in [0.2, 0.25) is 0 Å². The van der Waals surface area contributed by atoms with E-state index in [4.69, 9.17) is 0 Å². The van der Waals surface area contributed by atoms with Gasteiger partial charge in [-0.2, -0.15) is 5.10 Å². The Hall–Kier alpha value is -2.63. The van der Waals surface area contributed by atoms with Crippen molar-refractivity contribution in [2.24, 2.45) is 5.92 Å². The zero-order valence-corrected chi connectivity index (χ0v) is 13.7. The highest BCUT2D eigenvalue weighted by Gasteiger charge is 2.40. The molecule has 24 heavy (non-hydrogen) atoms. The first kappa shape index (κ1) is 14.9. The summed E-state index contributed by atoms with van der Waals surface area (Å²) in [5.41, 5.74) is 2.26. The largest absolute Gasteiger partial charge is 0.275 e. The van der Waals surface area contributed by atoms with Gasteiger partial charge in [0.1, 0.15) is 0 Å².